The van der Waals surface area contributed by atoms with Crippen molar-refractivity contribution in [1.29, 1.82) is 0 Å². The van der Waals surface area contributed by atoms with Crippen molar-refractivity contribution < 1.29 is 19.1 Å². The highest BCUT2D eigenvalue weighted by atomic mass is 16.5. The van der Waals surface area contributed by atoms with E-state index in [1.54, 1.807) is 0 Å². The maximum absolute atomic E-state index is 11.8. The summed E-state index contributed by atoms with van der Waals surface area (Å²) in [6.07, 6.45) is 3.86. The molecule has 0 N–H and O–H groups in total. The Labute approximate surface area is 115 Å². The average molecular weight is 270 g/mol. The predicted molar refractivity (Wildman–Crippen MR) is 72.5 cm³/mol. The van der Waals surface area contributed by atoms with E-state index >= 15 is 0 Å². The van der Waals surface area contributed by atoms with Crippen molar-refractivity contribution in [2.24, 2.45) is 17.8 Å². The fraction of sp³-hybridized carbons (Fsp3) is 0.867. The zero-order valence-electron chi connectivity index (χ0n) is 12.3. The largest absolute Gasteiger partial charge is 0.466 e. The van der Waals surface area contributed by atoms with E-state index < -0.39 is 0 Å². The van der Waals surface area contributed by atoms with Crippen LogP contribution in [0, 0.1) is 17.8 Å². The predicted octanol–water partition coefficient (Wildman–Crippen LogP) is 2.95. The Balaban J connectivity index is 2.25. The number of esters is 2. The molecule has 0 aliphatic heterocycles. The molecule has 1 fully saturated rings. The van der Waals surface area contributed by atoms with Crippen LogP contribution in [0.4, 0.5) is 0 Å². The van der Waals surface area contributed by atoms with Crippen LogP contribution in [0.15, 0.2) is 0 Å². The summed E-state index contributed by atoms with van der Waals surface area (Å²) in [5.74, 6) is 0.280. The maximum Gasteiger partial charge on any atom is 0.308 e. The lowest BCUT2D eigenvalue weighted by Crippen LogP contribution is -2.28. The van der Waals surface area contributed by atoms with Gasteiger partial charge in [0.2, 0.25) is 0 Å². The third-order valence-corrected chi connectivity index (χ3v) is 3.62. The van der Waals surface area contributed by atoms with E-state index in [0.717, 1.165) is 32.1 Å². The monoisotopic (exact) mass is 270 g/mol. The van der Waals surface area contributed by atoms with Crippen LogP contribution in [0.5, 0.6) is 0 Å². The van der Waals surface area contributed by atoms with Gasteiger partial charge in [-0.05, 0) is 44.9 Å². The molecule has 1 rings (SSSR count). The summed E-state index contributed by atoms with van der Waals surface area (Å²) in [7, 11) is 0. The summed E-state index contributed by atoms with van der Waals surface area (Å²) in [4.78, 5) is 23.4. The minimum absolute atomic E-state index is 0.0281. The van der Waals surface area contributed by atoms with Crippen LogP contribution in [0.25, 0.3) is 0 Å². The third-order valence-electron chi connectivity index (χ3n) is 3.62. The van der Waals surface area contributed by atoms with E-state index in [4.69, 9.17) is 9.47 Å². The molecule has 1 saturated carbocycles. The Morgan fingerprint density at radius 1 is 1.00 bits per heavy atom. The molecule has 0 aromatic heterocycles. The van der Waals surface area contributed by atoms with E-state index in [2.05, 4.69) is 13.8 Å². The second-order valence-electron chi connectivity index (χ2n) is 5.65. The molecule has 0 heterocycles. The SMILES string of the molecule is CCOC(=O)C1CCC(C(=O)OCCC(C)C)CC1. The molecule has 0 aromatic rings. The smallest absolute Gasteiger partial charge is 0.308 e. The molecule has 4 heteroatoms. The maximum atomic E-state index is 11.8. The minimum Gasteiger partial charge on any atom is -0.466 e. The molecule has 110 valence electrons. The first-order valence-corrected chi connectivity index (χ1v) is 7.37. The van der Waals surface area contributed by atoms with Crippen LogP contribution >= 0.6 is 0 Å². The molecule has 0 unspecified atom stereocenters. The first-order chi connectivity index (χ1) is 9.04. The van der Waals surface area contributed by atoms with E-state index in [1.807, 2.05) is 6.92 Å². The van der Waals surface area contributed by atoms with Gasteiger partial charge < -0.3 is 9.47 Å². The average Bonchev–Trinajstić information content (AvgIpc) is 2.38. The summed E-state index contributed by atoms with van der Waals surface area (Å²) in [5.41, 5.74) is 0. The van der Waals surface area contributed by atoms with Gasteiger partial charge >= 0.3 is 11.9 Å². The highest BCUT2D eigenvalue weighted by molar-refractivity contribution is 5.75. The van der Waals surface area contributed by atoms with Crippen molar-refractivity contribution in [2.45, 2.75) is 52.9 Å². The first kappa shape index (κ1) is 16.0. The third kappa shape index (κ3) is 5.62. The van der Waals surface area contributed by atoms with Gasteiger partial charge in [0.15, 0.2) is 0 Å². The molecular weight excluding hydrogens is 244 g/mol. The summed E-state index contributed by atoms with van der Waals surface area (Å²) in [6, 6.07) is 0. The van der Waals surface area contributed by atoms with E-state index in [-0.39, 0.29) is 23.8 Å². The Morgan fingerprint density at radius 3 is 1.89 bits per heavy atom. The standard InChI is InChI=1S/C15H26O4/c1-4-18-14(16)12-5-7-13(8-6-12)15(17)19-10-9-11(2)3/h11-13H,4-10H2,1-3H3. The van der Waals surface area contributed by atoms with Gasteiger partial charge in [-0.25, -0.2) is 0 Å². The number of carbonyl (C=O) groups excluding carboxylic acids is 2. The van der Waals surface area contributed by atoms with E-state index in [0.29, 0.717) is 19.1 Å². The summed E-state index contributed by atoms with van der Waals surface area (Å²) >= 11 is 0. The highest BCUT2D eigenvalue weighted by Crippen LogP contribution is 2.30. The molecule has 19 heavy (non-hydrogen) atoms. The van der Waals surface area contributed by atoms with Crippen molar-refractivity contribution in [3.63, 3.8) is 0 Å². The zero-order chi connectivity index (χ0) is 14.3. The van der Waals surface area contributed by atoms with Crippen molar-refractivity contribution in [3.05, 3.63) is 0 Å². The molecule has 0 spiro atoms. The van der Waals surface area contributed by atoms with Crippen LogP contribution in [0.3, 0.4) is 0 Å². The lowest BCUT2D eigenvalue weighted by molar-refractivity contribution is -0.155. The normalized spacial score (nSPS) is 23.2. The fourth-order valence-electron chi connectivity index (χ4n) is 2.34. The van der Waals surface area contributed by atoms with Gasteiger partial charge in [-0.3, -0.25) is 9.59 Å². The van der Waals surface area contributed by atoms with Crippen LogP contribution in [-0.2, 0) is 19.1 Å². The lowest BCUT2D eigenvalue weighted by Gasteiger charge is -2.25. The summed E-state index contributed by atoms with van der Waals surface area (Å²) in [5, 5.41) is 0. The number of ether oxygens (including phenoxy) is 2. The highest BCUT2D eigenvalue weighted by Gasteiger charge is 2.31. The van der Waals surface area contributed by atoms with Gasteiger partial charge in [-0.2, -0.15) is 0 Å². The molecule has 0 aromatic carbocycles. The fourth-order valence-corrected chi connectivity index (χ4v) is 2.34. The number of rotatable bonds is 6. The van der Waals surface area contributed by atoms with Crippen molar-refractivity contribution >= 4 is 11.9 Å². The first-order valence-electron chi connectivity index (χ1n) is 7.37. The molecule has 0 radical (unpaired) electrons. The van der Waals surface area contributed by atoms with E-state index in [1.165, 1.54) is 0 Å². The van der Waals surface area contributed by atoms with Gasteiger partial charge in [0.1, 0.15) is 0 Å². The Kier molecular flexibility index (Phi) is 6.89. The summed E-state index contributed by atoms with van der Waals surface area (Å²) in [6.45, 7) is 6.97. The van der Waals surface area contributed by atoms with Gasteiger partial charge in [-0.1, -0.05) is 13.8 Å². The summed E-state index contributed by atoms with van der Waals surface area (Å²) < 4.78 is 10.3. The van der Waals surface area contributed by atoms with E-state index in [9.17, 15) is 9.59 Å². The molecule has 0 amide bonds. The Bertz CT molecular complexity index is 291. The minimum atomic E-state index is -0.117. The van der Waals surface area contributed by atoms with Crippen LogP contribution in [0.1, 0.15) is 52.9 Å². The van der Waals surface area contributed by atoms with Crippen molar-refractivity contribution in [1.82, 2.24) is 0 Å². The molecule has 1 aliphatic rings. The van der Waals surface area contributed by atoms with Crippen molar-refractivity contribution in [2.75, 3.05) is 13.2 Å². The molecule has 4 nitrogen and oxygen atoms in total. The molecular formula is C15H26O4. The van der Waals surface area contributed by atoms with Crippen LogP contribution in [0.2, 0.25) is 0 Å². The van der Waals surface area contributed by atoms with Gasteiger partial charge in [0, 0.05) is 0 Å². The zero-order valence-corrected chi connectivity index (χ0v) is 12.3. The number of hydrogen-bond acceptors (Lipinski definition) is 4. The van der Waals surface area contributed by atoms with Gasteiger partial charge in [0.05, 0.1) is 25.0 Å². The Hall–Kier alpha value is -1.06. The molecule has 0 atom stereocenters. The van der Waals surface area contributed by atoms with Crippen molar-refractivity contribution in [3.8, 4) is 0 Å². The topological polar surface area (TPSA) is 52.6 Å². The molecule has 0 saturated heterocycles. The second kappa shape index (κ2) is 8.18. The molecule has 0 bridgehead atoms. The quantitative estimate of drug-likeness (QED) is 0.696. The lowest BCUT2D eigenvalue weighted by atomic mass is 9.82. The number of hydrogen-bond donors (Lipinski definition) is 0. The molecule has 1 aliphatic carbocycles. The Morgan fingerprint density at radius 2 is 1.47 bits per heavy atom. The number of carbonyl (C=O) groups is 2. The van der Waals surface area contributed by atoms with Crippen LogP contribution < -0.4 is 0 Å². The van der Waals surface area contributed by atoms with Gasteiger partial charge in [-0.15, -0.1) is 0 Å². The second-order valence-corrected chi connectivity index (χ2v) is 5.65. The van der Waals surface area contributed by atoms with Crippen LogP contribution in [-0.4, -0.2) is 25.2 Å². The van der Waals surface area contributed by atoms with Gasteiger partial charge in [0.25, 0.3) is 0 Å².